The van der Waals surface area contributed by atoms with Crippen LogP contribution in [0.15, 0.2) is 24.3 Å². The lowest BCUT2D eigenvalue weighted by Crippen LogP contribution is -2.16. The summed E-state index contributed by atoms with van der Waals surface area (Å²) in [4.78, 5) is 0. The van der Waals surface area contributed by atoms with E-state index in [-0.39, 0.29) is 0 Å². The first kappa shape index (κ1) is 14.6. The minimum atomic E-state index is -1.32. The molecule has 0 heterocycles. The van der Waals surface area contributed by atoms with Crippen LogP contribution in [0.4, 0.5) is 0 Å². The van der Waals surface area contributed by atoms with Crippen molar-refractivity contribution in [2.24, 2.45) is 0 Å². The number of hydrogen-bond donors (Lipinski definition) is 1. The van der Waals surface area contributed by atoms with Crippen LogP contribution in [-0.2, 0) is 0 Å². The number of hydrogen-bond acceptors (Lipinski definition) is 1. The molecule has 0 atom stereocenters. The van der Waals surface area contributed by atoms with Crippen LogP contribution in [0.1, 0.15) is 25.0 Å². The van der Waals surface area contributed by atoms with Crippen molar-refractivity contribution in [2.75, 3.05) is 0 Å². The summed E-state index contributed by atoms with van der Waals surface area (Å²) in [6.07, 6.45) is 0. The fourth-order valence-corrected chi connectivity index (χ4v) is 1.64. The highest BCUT2D eigenvalue weighted by molar-refractivity contribution is 6.83. The van der Waals surface area contributed by atoms with E-state index in [1.165, 1.54) is 0 Å². The van der Waals surface area contributed by atoms with E-state index in [4.69, 9.17) is 0 Å². The zero-order valence-electron chi connectivity index (χ0n) is 11.8. The maximum absolute atomic E-state index is 9.52. The molecule has 0 amide bonds. The molecule has 0 saturated carbocycles. The number of rotatable bonds is 0. The van der Waals surface area contributed by atoms with E-state index >= 15 is 0 Å². The Morgan fingerprint density at radius 3 is 1.78 bits per heavy atom. The Balaban J connectivity index is 2.86. The Hall–Kier alpha value is -1.48. The lowest BCUT2D eigenvalue weighted by atomic mass is 10.1. The fraction of sp³-hybridized carbons (Fsp3) is 0.375. The second-order valence-corrected chi connectivity index (χ2v) is 10.6. The van der Waals surface area contributed by atoms with Crippen molar-refractivity contribution in [3.8, 4) is 23.3 Å². The molecule has 18 heavy (non-hydrogen) atoms. The maximum Gasteiger partial charge on any atom is 0.129 e. The van der Waals surface area contributed by atoms with Gasteiger partial charge in [0.05, 0.1) is 0 Å². The van der Waals surface area contributed by atoms with Crippen molar-refractivity contribution in [3.05, 3.63) is 35.4 Å². The minimum Gasteiger partial charge on any atom is -0.378 e. The smallest absolute Gasteiger partial charge is 0.129 e. The van der Waals surface area contributed by atoms with Crippen molar-refractivity contribution in [2.45, 2.75) is 39.1 Å². The average molecular weight is 256 g/mol. The summed E-state index contributed by atoms with van der Waals surface area (Å²) in [7, 11) is -1.32. The molecule has 0 spiro atoms. The van der Waals surface area contributed by atoms with Crippen molar-refractivity contribution in [1.82, 2.24) is 0 Å². The molecular formula is C16H20OSi. The summed E-state index contributed by atoms with van der Waals surface area (Å²) < 4.78 is 0. The van der Waals surface area contributed by atoms with E-state index in [0.29, 0.717) is 0 Å². The molecule has 1 N–H and O–H groups in total. The molecule has 1 nitrogen and oxygen atoms in total. The van der Waals surface area contributed by atoms with Gasteiger partial charge in [0.15, 0.2) is 0 Å². The first-order valence-corrected chi connectivity index (χ1v) is 9.54. The third-order valence-electron chi connectivity index (χ3n) is 1.98. The lowest BCUT2D eigenvalue weighted by Gasteiger charge is -2.05. The summed E-state index contributed by atoms with van der Waals surface area (Å²) >= 11 is 0. The molecule has 1 rings (SSSR count). The zero-order chi connectivity index (χ0) is 13.8. The Kier molecular flexibility index (Phi) is 4.41. The molecule has 2 heteroatoms. The zero-order valence-corrected chi connectivity index (χ0v) is 12.8. The highest BCUT2D eigenvalue weighted by atomic mass is 28.3. The standard InChI is InChI=1S/C16H20OSi/c1-16(2,17)12-10-14-6-8-15(9-7-14)11-13-18(3,4)5/h6-9,17H,1-5H3. The van der Waals surface area contributed by atoms with Crippen LogP contribution < -0.4 is 0 Å². The van der Waals surface area contributed by atoms with Gasteiger partial charge in [-0.25, -0.2) is 0 Å². The van der Waals surface area contributed by atoms with Gasteiger partial charge in [-0.05, 0) is 38.1 Å². The van der Waals surface area contributed by atoms with Gasteiger partial charge in [0.1, 0.15) is 13.7 Å². The topological polar surface area (TPSA) is 20.2 Å². The van der Waals surface area contributed by atoms with Crippen LogP contribution in [0, 0.1) is 23.3 Å². The van der Waals surface area contributed by atoms with Gasteiger partial charge in [-0.3, -0.25) is 0 Å². The van der Waals surface area contributed by atoms with Crippen molar-refractivity contribution in [1.29, 1.82) is 0 Å². The van der Waals surface area contributed by atoms with Gasteiger partial charge >= 0.3 is 0 Å². The molecule has 0 bridgehead atoms. The summed E-state index contributed by atoms with van der Waals surface area (Å²) in [5, 5.41) is 9.52. The van der Waals surface area contributed by atoms with Crippen LogP contribution in [0.2, 0.25) is 19.6 Å². The van der Waals surface area contributed by atoms with Gasteiger partial charge in [0.25, 0.3) is 0 Å². The monoisotopic (exact) mass is 256 g/mol. The van der Waals surface area contributed by atoms with Gasteiger partial charge in [0, 0.05) is 11.1 Å². The molecular weight excluding hydrogens is 236 g/mol. The molecule has 94 valence electrons. The highest BCUT2D eigenvalue weighted by Crippen LogP contribution is 2.05. The predicted molar refractivity (Wildman–Crippen MR) is 79.8 cm³/mol. The van der Waals surface area contributed by atoms with Gasteiger partial charge in [-0.1, -0.05) is 37.4 Å². The van der Waals surface area contributed by atoms with Crippen LogP contribution in [0.25, 0.3) is 0 Å². The van der Waals surface area contributed by atoms with E-state index in [1.807, 2.05) is 24.3 Å². The van der Waals surface area contributed by atoms with Crippen LogP contribution in [0.3, 0.4) is 0 Å². The maximum atomic E-state index is 9.52. The van der Waals surface area contributed by atoms with Crippen molar-refractivity contribution >= 4 is 8.07 Å². The molecule has 0 aromatic heterocycles. The molecule has 0 unspecified atom stereocenters. The second-order valence-electron chi connectivity index (χ2n) is 5.89. The third-order valence-corrected chi connectivity index (χ3v) is 2.85. The average Bonchev–Trinajstić information content (AvgIpc) is 2.23. The van der Waals surface area contributed by atoms with Crippen molar-refractivity contribution in [3.63, 3.8) is 0 Å². The molecule has 0 aliphatic rings. The normalized spacial score (nSPS) is 11.0. The summed E-state index contributed by atoms with van der Waals surface area (Å²) in [5.41, 5.74) is 4.30. The fourth-order valence-electron chi connectivity index (χ4n) is 1.12. The lowest BCUT2D eigenvalue weighted by molar-refractivity contribution is 0.143. The number of benzene rings is 1. The summed E-state index contributed by atoms with van der Waals surface area (Å²) in [6.45, 7) is 10.0. The summed E-state index contributed by atoms with van der Waals surface area (Å²) in [5.74, 6) is 8.93. The van der Waals surface area contributed by atoms with Crippen LogP contribution in [0.5, 0.6) is 0 Å². The van der Waals surface area contributed by atoms with E-state index in [1.54, 1.807) is 13.8 Å². The quantitative estimate of drug-likeness (QED) is 0.559. The van der Waals surface area contributed by atoms with Gasteiger partial charge in [0.2, 0.25) is 0 Å². The third kappa shape index (κ3) is 6.30. The minimum absolute atomic E-state index is 0.899. The molecule has 0 fully saturated rings. The predicted octanol–water partition coefficient (Wildman–Crippen LogP) is 3.04. The Morgan fingerprint density at radius 2 is 1.39 bits per heavy atom. The van der Waals surface area contributed by atoms with E-state index < -0.39 is 13.7 Å². The Bertz CT molecular complexity index is 468. The van der Waals surface area contributed by atoms with E-state index in [9.17, 15) is 5.11 Å². The first-order chi connectivity index (χ1) is 8.16. The Morgan fingerprint density at radius 1 is 0.944 bits per heavy atom. The molecule has 1 aromatic rings. The van der Waals surface area contributed by atoms with Crippen LogP contribution in [-0.4, -0.2) is 18.8 Å². The SMILES string of the molecule is CC(C)(O)C#Cc1ccc(C#C[Si](C)(C)C)cc1. The highest BCUT2D eigenvalue weighted by Gasteiger charge is 2.07. The van der Waals surface area contributed by atoms with E-state index in [2.05, 4.69) is 42.9 Å². The molecule has 0 radical (unpaired) electrons. The molecule has 0 saturated heterocycles. The van der Waals surface area contributed by atoms with Gasteiger partial charge in [-0.15, -0.1) is 5.54 Å². The second kappa shape index (κ2) is 5.44. The van der Waals surface area contributed by atoms with Gasteiger partial charge in [-0.2, -0.15) is 0 Å². The first-order valence-electron chi connectivity index (χ1n) is 6.04. The Labute approximate surface area is 111 Å². The number of aliphatic hydroxyl groups is 1. The van der Waals surface area contributed by atoms with Crippen LogP contribution >= 0.6 is 0 Å². The van der Waals surface area contributed by atoms with E-state index in [0.717, 1.165) is 11.1 Å². The molecule has 1 aromatic carbocycles. The largest absolute Gasteiger partial charge is 0.378 e. The summed E-state index contributed by atoms with van der Waals surface area (Å²) in [6, 6.07) is 7.82. The van der Waals surface area contributed by atoms with Crippen molar-refractivity contribution < 1.29 is 5.11 Å². The molecule has 0 aliphatic carbocycles. The van der Waals surface area contributed by atoms with Gasteiger partial charge < -0.3 is 5.11 Å². The molecule has 0 aliphatic heterocycles.